The molecular weight excluding hydrogens is 224 g/mol. The maximum absolute atomic E-state index is 12.2. The smallest absolute Gasteiger partial charge is 0.250 e. The van der Waals surface area contributed by atoms with Crippen molar-refractivity contribution in [2.45, 2.75) is 26.2 Å². The number of hydrogen-bond donors (Lipinski definition) is 1. The molecule has 1 aromatic carbocycles. The van der Waals surface area contributed by atoms with Gasteiger partial charge in [-0.15, -0.1) is 0 Å². The summed E-state index contributed by atoms with van der Waals surface area (Å²) < 4.78 is 0. The summed E-state index contributed by atoms with van der Waals surface area (Å²) in [5.41, 5.74) is 8.97. The molecule has 0 saturated heterocycles. The second-order valence-corrected chi connectivity index (χ2v) is 5.00. The van der Waals surface area contributed by atoms with Gasteiger partial charge in [-0.2, -0.15) is 0 Å². The molecule has 1 amide bonds. The van der Waals surface area contributed by atoms with Crippen LogP contribution in [0.15, 0.2) is 35.9 Å². The van der Waals surface area contributed by atoms with Crippen molar-refractivity contribution in [3.05, 3.63) is 41.5 Å². The van der Waals surface area contributed by atoms with Crippen LogP contribution in [0.4, 0.5) is 5.69 Å². The minimum absolute atomic E-state index is 0.0713. The number of anilines is 1. The lowest BCUT2D eigenvalue weighted by atomic mass is 9.98. The van der Waals surface area contributed by atoms with Crippen LogP contribution in [-0.2, 0) is 4.79 Å². The molecule has 3 heteroatoms. The zero-order valence-corrected chi connectivity index (χ0v) is 11.0. The average molecular weight is 244 g/mol. The number of rotatable bonds is 3. The summed E-state index contributed by atoms with van der Waals surface area (Å²) in [6, 6.07) is 8.12. The van der Waals surface area contributed by atoms with Gasteiger partial charge in [-0.05, 0) is 38.4 Å². The maximum Gasteiger partial charge on any atom is 0.250 e. The molecule has 3 nitrogen and oxygen atoms in total. The Morgan fingerprint density at radius 1 is 1.44 bits per heavy atom. The van der Waals surface area contributed by atoms with E-state index in [0.29, 0.717) is 12.5 Å². The van der Waals surface area contributed by atoms with Crippen molar-refractivity contribution in [1.82, 2.24) is 0 Å². The van der Waals surface area contributed by atoms with Crippen LogP contribution in [0, 0.1) is 0 Å². The second kappa shape index (κ2) is 5.36. The van der Waals surface area contributed by atoms with Crippen molar-refractivity contribution >= 4 is 11.6 Å². The molecular formula is C15H20N2O. The molecule has 1 aliphatic heterocycles. The minimum atomic E-state index is 0.0713. The van der Waals surface area contributed by atoms with E-state index in [-0.39, 0.29) is 5.91 Å². The largest absolute Gasteiger partial charge is 0.330 e. The molecule has 1 unspecified atom stereocenters. The molecule has 1 heterocycles. The number of nitrogens with zero attached hydrogens (tertiary/aromatic N) is 1. The number of hydrogen-bond acceptors (Lipinski definition) is 2. The third-order valence-corrected chi connectivity index (χ3v) is 3.26. The van der Waals surface area contributed by atoms with E-state index in [1.807, 2.05) is 36.9 Å². The van der Waals surface area contributed by atoms with E-state index >= 15 is 0 Å². The average Bonchev–Trinajstić information content (AvgIpc) is 2.68. The van der Waals surface area contributed by atoms with Crippen LogP contribution < -0.4 is 10.6 Å². The standard InChI is InChI=1S/C15H20N2O/c1-11(2)9-15(18)17-10-12(7-8-16)13-5-3-4-6-14(13)17/h3-6,9,12H,7-8,10,16H2,1-2H3. The molecule has 96 valence electrons. The summed E-state index contributed by atoms with van der Waals surface area (Å²) in [5, 5.41) is 0. The van der Waals surface area contributed by atoms with Crippen LogP contribution in [0.25, 0.3) is 0 Å². The quantitative estimate of drug-likeness (QED) is 0.830. The molecule has 0 saturated carbocycles. The summed E-state index contributed by atoms with van der Waals surface area (Å²) in [4.78, 5) is 14.1. The van der Waals surface area contributed by atoms with Gasteiger partial charge in [0.25, 0.3) is 5.91 Å². The van der Waals surface area contributed by atoms with Gasteiger partial charge in [-0.1, -0.05) is 23.8 Å². The SMILES string of the molecule is CC(C)=CC(=O)N1CC(CCN)c2ccccc21. The highest BCUT2D eigenvalue weighted by molar-refractivity contribution is 6.03. The molecule has 18 heavy (non-hydrogen) atoms. The van der Waals surface area contributed by atoms with Gasteiger partial charge in [-0.3, -0.25) is 4.79 Å². The molecule has 0 bridgehead atoms. The van der Waals surface area contributed by atoms with E-state index in [0.717, 1.165) is 24.2 Å². The maximum atomic E-state index is 12.2. The highest BCUT2D eigenvalue weighted by Gasteiger charge is 2.30. The third kappa shape index (κ3) is 2.46. The van der Waals surface area contributed by atoms with Crippen molar-refractivity contribution in [2.24, 2.45) is 5.73 Å². The van der Waals surface area contributed by atoms with Gasteiger partial charge in [0.15, 0.2) is 0 Å². The first-order chi connectivity index (χ1) is 8.63. The van der Waals surface area contributed by atoms with Crippen molar-refractivity contribution < 1.29 is 4.79 Å². The summed E-state index contributed by atoms with van der Waals surface area (Å²) in [6.45, 7) is 5.29. The van der Waals surface area contributed by atoms with Gasteiger partial charge >= 0.3 is 0 Å². The van der Waals surface area contributed by atoms with Crippen molar-refractivity contribution in [3.8, 4) is 0 Å². The fourth-order valence-corrected chi connectivity index (χ4v) is 2.48. The zero-order valence-electron chi connectivity index (χ0n) is 11.0. The number of carbonyl (C=O) groups is 1. The first kappa shape index (κ1) is 12.8. The molecule has 0 spiro atoms. The first-order valence-corrected chi connectivity index (χ1v) is 6.39. The fourth-order valence-electron chi connectivity index (χ4n) is 2.48. The van der Waals surface area contributed by atoms with E-state index in [1.54, 1.807) is 6.08 Å². The number of carbonyl (C=O) groups excluding carboxylic acids is 1. The van der Waals surface area contributed by atoms with Gasteiger partial charge in [0.2, 0.25) is 0 Å². The normalized spacial score (nSPS) is 17.5. The van der Waals surface area contributed by atoms with E-state index in [2.05, 4.69) is 6.07 Å². The van der Waals surface area contributed by atoms with Crippen molar-refractivity contribution in [3.63, 3.8) is 0 Å². The molecule has 0 aromatic heterocycles. The van der Waals surface area contributed by atoms with Crippen LogP contribution in [0.5, 0.6) is 0 Å². The lowest BCUT2D eigenvalue weighted by molar-refractivity contribution is -0.114. The highest BCUT2D eigenvalue weighted by Crippen LogP contribution is 2.37. The number of amides is 1. The van der Waals surface area contributed by atoms with Gasteiger partial charge in [0.1, 0.15) is 0 Å². The molecule has 0 aliphatic carbocycles. The third-order valence-electron chi connectivity index (χ3n) is 3.26. The lowest BCUT2D eigenvalue weighted by Crippen LogP contribution is -2.28. The summed E-state index contributed by atoms with van der Waals surface area (Å²) in [6.07, 6.45) is 2.62. The topological polar surface area (TPSA) is 46.3 Å². The van der Waals surface area contributed by atoms with Crippen LogP contribution in [-0.4, -0.2) is 19.0 Å². The van der Waals surface area contributed by atoms with E-state index in [9.17, 15) is 4.79 Å². The lowest BCUT2D eigenvalue weighted by Gasteiger charge is -2.16. The monoisotopic (exact) mass is 244 g/mol. The molecule has 1 atom stereocenters. The number of benzene rings is 1. The minimum Gasteiger partial charge on any atom is -0.330 e. The molecule has 1 aliphatic rings. The van der Waals surface area contributed by atoms with Gasteiger partial charge < -0.3 is 10.6 Å². The van der Waals surface area contributed by atoms with Gasteiger partial charge in [0.05, 0.1) is 0 Å². The summed E-state index contributed by atoms with van der Waals surface area (Å²) in [7, 11) is 0. The van der Waals surface area contributed by atoms with Crippen molar-refractivity contribution in [2.75, 3.05) is 18.0 Å². The van der Waals surface area contributed by atoms with E-state index < -0.39 is 0 Å². The Bertz CT molecular complexity index is 475. The van der Waals surface area contributed by atoms with Crippen LogP contribution in [0.2, 0.25) is 0 Å². The Morgan fingerprint density at radius 3 is 2.83 bits per heavy atom. The van der Waals surface area contributed by atoms with Crippen LogP contribution in [0.1, 0.15) is 31.7 Å². The number of fused-ring (bicyclic) bond motifs is 1. The van der Waals surface area contributed by atoms with Gasteiger partial charge in [0, 0.05) is 24.2 Å². The molecule has 1 aromatic rings. The predicted molar refractivity (Wildman–Crippen MR) is 74.6 cm³/mol. The first-order valence-electron chi connectivity index (χ1n) is 6.39. The number of nitrogens with two attached hydrogens (primary N) is 1. The highest BCUT2D eigenvalue weighted by atomic mass is 16.2. The molecule has 2 rings (SSSR count). The Hall–Kier alpha value is -1.61. The van der Waals surface area contributed by atoms with Crippen LogP contribution >= 0.6 is 0 Å². The molecule has 0 radical (unpaired) electrons. The Kier molecular flexibility index (Phi) is 3.82. The molecule has 2 N–H and O–H groups in total. The Morgan fingerprint density at radius 2 is 2.17 bits per heavy atom. The summed E-state index contributed by atoms with van der Waals surface area (Å²) in [5.74, 6) is 0.447. The number of para-hydroxylation sites is 1. The van der Waals surface area contributed by atoms with Crippen LogP contribution in [0.3, 0.4) is 0 Å². The second-order valence-electron chi connectivity index (χ2n) is 5.00. The van der Waals surface area contributed by atoms with E-state index in [1.165, 1.54) is 5.56 Å². The predicted octanol–water partition coefficient (Wildman–Crippen LogP) is 2.43. The van der Waals surface area contributed by atoms with Crippen molar-refractivity contribution in [1.29, 1.82) is 0 Å². The Labute approximate surface area is 108 Å². The fraction of sp³-hybridized carbons (Fsp3) is 0.400. The number of allylic oxidation sites excluding steroid dienone is 1. The summed E-state index contributed by atoms with van der Waals surface area (Å²) >= 11 is 0. The molecule has 0 fully saturated rings. The Balaban J connectivity index is 2.31. The van der Waals surface area contributed by atoms with Gasteiger partial charge in [-0.25, -0.2) is 0 Å². The van der Waals surface area contributed by atoms with E-state index in [4.69, 9.17) is 5.73 Å². The zero-order chi connectivity index (χ0) is 13.1.